The highest BCUT2D eigenvalue weighted by molar-refractivity contribution is 7.89. The van der Waals surface area contributed by atoms with E-state index in [1.54, 1.807) is 67.8 Å². The molecular formula is C80H105Cl3F4N12O20S6. The average Bonchev–Trinajstić information content (AvgIpc) is 0.850. The number of methoxy groups -OCH3 is 2. The van der Waals surface area contributed by atoms with Gasteiger partial charge >= 0.3 is 0 Å². The minimum Gasteiger partial charge on any atom is -0.497 e. The van der Waals surface area contributed by atoms with Crippen molar-refractivity contribution < 1.29 is 106 Å². The van der Waals surface area contributed by atoms with Gasteiger partial charge in [-0.05, 0) is 162 Å². The van der Waals surface area contributed by atoms with Gasteiger partial charge < -0.3 is 41.4 Å². The summed E-state index contributed by atoms with van der Waals surface area (Å²) in [4.78, 5) is 73.2. The lowest BCUT2D eigenvalue weighted by Gasteiger charge is -2.30. The zero-order valence-electron chi connectivity index (χ0n) is 70.0. The zero-order chi connectivity index (χ0) is 92.5. The molecule has 6 fully saturated rings. The summed E-state index contributed by atoms with van der Waals surface area (Å²) in [6.07, 6.45) is 14.6. The molecule has 0 aromatic heterocycles. The summed E-state index contributed by atoms with van der Waals surface area (Å²) in [5.74, 6) is -5.50. The van der Waals surface area contributed by atoms with Crippen molar-refractivity contribution in [3.8, 4) is 11.5 Å². The standard InChI is InChI=1S/2C14H20N2O4S.2C13H16ClFN2O3S.C13H17ClN2O3S.C13H16F2N2O3S/c1-20-13-7-3-6-12(9-13)15-14(17)11-5-4-8-16(10-11)21(2,18)19;1-20-13-8-4-3-7-12(13)15-14(17)11-6-5-9-16(10-11)21(2,18)19;1-21(19,20)17-6-2-3-9(8-17)13(18)16-10-4-5-12(15)11(14)7-10;1-21(19,20)17-6-2-3-9(8-17)13(18)16-10-4-5-11(14)12(15)7-10;1-20(18,19)16-8-4-5-10(9-16)13(17)15-12-7-3-2-6-11(12)14;1-21(19,20)17-6-2-3-9(8-17)13(18)16-12-5-4-10(14)7-11(12)15/h3,6-7,9,11H,4-5,8,10H2,1-2H3,(H,15,17);3-4,7-8,11H,5-6,9-10H2,1-2H3,(H,15,17);2*4-5,7,9H,2-3,6,8H2,1H3,(H,16,18);2-3,6-7,10H,4-5,8-9H2,1H3,(H,15,17);4-5,7,9H,2-3,6,8H2,1H3,(H,16,18). The molecule has 6 heterocycles. The molecule has 0 aliphatic carbocycles. The number of ether oxygens (including phenoxy) is 2. The van der Waals surface area contributed by atoms with Crippen molar-refractivity contribution in [2.75, 3.05) is 162 Å². The van der Waals surface area contributed by atoms with Gasteiger partial charge in [-0.25, -0.2) is 93.9 Å². The van der Waals surface area contributed by atoms with E-state index in [4.69, 9.17) is 44.3 Å². The van der Waals surface area contributed by atoms with Gasteiger partial charge in [0.15, 0.2) is 0 Å². The summed E-state index contributed by atoms with van der Waals surface area (Å²) in [7, 11) is -16.6. The Balaban J connectivity index is 0.000000206. The maximum Gasteiger partial charge on any atom is 0.228 e. The summed E-state index contributed by atoms with van der Waals surface area (Å²) >= 11 is 17.2. The summed E-state index contributed by atoms with van der Waals surface area (Å²) in [6.45, 7) is 3.81. The third-order valence-electron chi connectivity index (χ3n) is 20.7. The van der Waals surface area contributed by atoms with Crippen molar-refractivity contribution in [1.29, 1.82) is 0 Å². The molecule has 6 aromatic rings. The molecular weight excluding hydrogens is 1820 g/mol. The van der Waals surface area contributed by atoms with Crippen LogP contribution in [0.2, 0.25) is 15.1 Å². The van der Waals surface area contributed by atoms with Crippen molar-refractivity contribution in [2.24, 2.45) is 35.5 Å². The van der Waals surface area contributed by atoms with Crippen LogP contribution in [-0.2, 0) is 88.9 Å². The number of anilines is 6. The zero-order valence-corrected chi connectivity index (χ0v) is 77.2. The van der Waals surface area contributed by atoms with Crippen LogP contribution in [-0.4, -0.2) is 242 Å². The monoisotopic (exact) mass is 1930 g/mol. The number of hydrogen-bond donors (Lipinski definition) is 6. The lowest BCUT2D eigenvalue weighted by Crippen LogP contribution is -2.43. The van der Waals surface area contributed by atoms with Crippen LogP contribution in [0.1, 0.15) is 77.0 Å². The SMILES string of the molecule is COc1cccc(NC(=O)C2CCCN(S(C)(=O)=O)C2)c1.COc1ccccc1NC(=O)C1CCCN(S(C)(=O)=O)C1.CS(=O)(=O)N1CCCC(C(=O)Nc2ccc(Cl)c(F)c2)C1.CS(=O)(=O)N1CCCC(C(=O)Nc2ccc(F)c(Cl)c2)C1.CS(=O)(=O)N1CCCC(C(=O)Nc2ccc(F)cc2F)C1.CS(=O)(=O)N1CCCC(C(=O)Nc2ccccc2Cl)C1. The molecule has 6 aliphatic rings. The van der Waals surface area contributed by atoms with Gasteiger partial charge in [0.05, 0.1) is 119 Å². The summed E-state index contributed by atoms with van der Waals surface area (Å²) < 4.78 is 209. The molecule has 0 spiro atoms. The predicted molar refractivity (Wildman–Crippen MR) is 473 cm³/mol. The first-order valence-corrected chi connectivity index (χ1v) is 51.7. The molecule has 6 saturated heterocycles. The topological polar surface area (TPSA) is 417 Å². The molecule has 0 bridgehead atoms. The van der Waals surface area contributed by atoms with E-state index in [1.165, 1.54) is 82.0 Å². The first-order chi connectivity index (χ1) is 58.5. The molecule has 6 amide bonds. The Hall–Kier alpha value is -8.21. The van der Waals surface area contributed by atoms with E-state index < -0.39 is 107 Å². The number of piperidine rings is 6. The fourth-order valence-corrected chi connectivity index (χ4v) is 19.9. The molecule has 0 saturated carbocycles. The highest BCUT2D eigenvalue weighted by Gasteiger charge is 2.37. The second kappa shape index (κ2) is 47.2. The van der Waals surface area contributed by atoms with Crippen LogP contribution < -0.4 is 41.4 Å². The number of benzene rings is 6. The third-order valence-corrected chi connectivity index (χ3v) is 29.3. The van der Waals surface area contributed by atoms with Crippen LogP contribution in [0.4, 0.5) is 51.7 Å². The fourth-order valence-electron chi connectivity index (χ4n) is 13.9. The van der Waals surface area contributed by atoms with Crippen LogP contribution in [0.15, 0.2) is 127 Å². The number of hydrogen-bond acceptors (Lipinski definition) is 20. The average molecular weight is 1930 g/mol. The molecule has 6 aromatic carbocycles. The van der Waals surface area contributed by atoms with Gasteiger partial charge in [-0.1, -0.05) is 65.1 Å². The van der Waals surface area contributed by atoms with Crippen LogP contribution in [0, 0.1) is 58.8 Å². The Bertz CT molecular complexity index is 5400. The van der Waals surface area contributed by atoms with E-state index in [2.05, 4.69) is 31.9 Å². The number of para-hydroxylation sites is 3. The quantitative estimate of drug-likeness (QED) is 0.0387. The van der Waals surface area contributed by atoms with Gasteiger partial charge in [-0.3, -0.25) is 28.8 Å². The van der Waals surface area contributed by atoms with Crippen LogP contribution in [0.25, 0.3) is 0 Å². The fraction of sp³-hybridized carbons (Fsp3) is 0.475. The van der Waals surface area contributed by atoms with Gasteiger partial charge in [-0.2, -0.15) is 0 Å². The maximum absolute atomic E-state index is 13.5. The van der Waals surface area contributed by atoms with E-state index >= 15 is 0 Å². The van der Waals surface area contributed by atoms with Gasteiger partial charge in [0.25, 0.3) is 0 Å². The molecule has 6 N–H and O–H groups in total. The predicted octanol–water partition coefficient (Wildman–Crippen LogP) is 10.3. The summed E-state index contributed by atoms with van der Waals surface area (Å²) in [6, 6.07) is 32.0. The number of amides is 6. The van der Waals surface area contributed by atoms with E-state index in [0.29, 0.717) is 167 Å². The van der Waals surface area contributed by atoms with Crippen LogP contribution >= 0.6 is 34.8 Å². The van der Waals surface area contributed by atoms with E-state index in [0.717, 1.165) is 37.0 Å². The number of sulfonamides is 6. The second-order valence-electron chi connectivity index (χ2n) is 30.5. The molecule has 690 valence electrons. The van der Waals surface area contributed by atoms with Crippen molar-refractivity contribution >= 4 is 165 Å². The van der Waals surface area contributed by atoms with Gasteiger partial charge in [0.2, 0.25) is 95.6 Å². The largest absolute Gasteiger partial charge is 0.497 e. The first kappa shape index (κ1) is 104. The molecule has 32 nitrogen and oxygen atoms in total. The number of nitrogens with one attached hydrogen (secondary N) is 6. The van der Waals surface area contributed by atoms with Crippen molar-refractivity contribution in [3.05, 3.63) is 166 Å². The minimum absolute atomic E-state index is 0.0195. The Morgan fingerprint density at radius 1 is 0.312 bits per heavy atom. The van der Waals surface area contributed by atoms with Gasteiger partial charge in [0, 0.05) is 108 Å². The molecule has 6 unspecified atom stereocenters. The summed E-state index contributed by atoms with van der Waals surface area (Å²) in [5.41, 5.74) is 2.38. The number of carbonyl (C=O) groups excluding carboxylic acids is 6. The maximum atomic E-state index is 13.5. The lowest BCUT2D eigenvalue weighted by atomic mass is 9.98. The number of carbonyl (C=O) groups is 6. The van der Waals surface area contributed by atoms with E-state index in [1.807, 2.05) is 12.1 Å². The highest BCUT2D eigenvalue weighted by atomic mass is 35.5. The Morgan fingerprint density at radius 3 is 0.984 bits per heavy atom. The van der Waals surface area contributed by atoms with Gasteiger partial charge in [-0.15, -0.1) is 0 Å². The number of rotatable bonds is 20. The minimum atomic E-state index is -3.35. The highest BCUT2D eigenvalue weighted by Crippen LogP contribution is 2.32. The first-order valence-electron chi connectivity index (χ1n) is 39.4. The number of halogens is 7. The van der Waals surface area contributed by atoms with E-state index in [-0.39, 0.29) is 102 Å². The Labute approximate surface area is 743 Å². The normalized spacial score (nSPS) is 20.2. The second-order valence-corrected chi connectivity index (χ2v) is 43.6. The molecule has 6 atom stereocenters. The number of nitrogens with zero attached hydrogens (tertiary/aromatic N) is 6. The van der Waals surface area contributed by atoms with Gasteiger partial charge in [0.1, 0.15) is 34.8 Å². The van der Waals surface area contributed by atoms with E-state index in [9.17, 15) is 96.8 Å². The van der Waals surface area contributed by atoms with Crippen molar-refractivity contribution in [3.63, 3.8) is 0 Å². The Kier molecular flexibility index (Phi) is 39.2. The summed E-state index contributed by atoms with van der Waals surface area (Å²) in [5, 5.41) is 16.4. The van der Waals surface area contributed by atoms with Crippen molar-refractivity contribution in [2.45, 2.75) is 77.0 Å². The third kappa shape index (κ3) is 33.7. The van der Waals surface area contributed by atoms with Crippen molar-refractivity contribution in [1.82, 2.24) is 25.8 Å². The molecule has 0 radical (unpaired) electrons. The Morgan fingerprint density at radius 2 is 0.640 bits per heavy atom. The lowest BCUT2D eigenvalue weighted by molar-refractivity contribution is -0.121. The molecule has 12 rings (SSSR count). The van der Waals surface area contributed by atoms with Crippen LogP contribution in [0.5, 0.6) is 11.5 Å². The smallest absolute Gasteiger partial charge is 0.228 e. The van der Waals surface area contributed by atoms with Crippen LogP contribution in [0.3, 0.4) is 0 Å². The molecule has 125 heavy (non-hydrogen) atoms. The molecule has 45 heteroatoms. The molecule has 6 aliphatic heterocycles.